The van der Waals surface area contributed by atoms with Gasteiger partial charge >= 0.3 is 0 Å². The number of hydrogen-bond donors (Lipinski definition) is 1. The van der Waals surface area contributed by atoms with Crippen LogP contribution in [0.25, 0.3) is 0 Å². The minimum Gasteiger partial charge on any atom is -0.309 e. The third kappa shape index (κ3) is 4.48. The fourth-order valence-electron chi connectivity index (χ4n) is 1.21. The summed E-state index contributed by atoms with van der Waals surface area (Å²) >= 11 is 0. The van der Waals surface area contributed by atoms with Crippen LogP contribution in [0.2, 0.25) is 0 Å². The van der Waals surface area contributed by atoms with Gasteiger partial charge in [-0.05, 0) is 18.6 Å². The van der Waals surface area contributed by atoms with E-state index in [4.69, 9.17) is 0 Å². The minimum atomic E-state index is -0.732. The average Bonchev–Trinajstić information content (AvgIpc) is 2.15. The van der Waals surface area contributed by atoms with Crippen molar-refractivity contribution >= 4 is 10.8 Å². The second kappa shape index (κ2) is 5.88. The molecule has 1 aromatic rings. The first kappa shape index (κ1) is 11.3. The molecule has 3 nitrogen and oxygen atoms in total. The van der Waals surface area contributed by atoms with Gasteiger partial charge in [0.05, 0.1) is 0 Å². The van der Waals surface area contributed by atoms with Crippen LogP contribution in [0.4, 0.5) is 0 Å². The predicted octanol–water partition coefficient (Wildman–Crippen LogP) is 0.938. The number of nitrogens with one attached hydrogen (secondary N) is 1. The first-order valence-electron chi connectivity index (χ1n) is 4.61. The maximum absolute atomic E-state index is 10.9. The van der Waals surface area contributed by atoms with Gasteiger partial charge in [-0.2, -0.15) is 0 Å². The number of rotatable bonds is 5. The van der Waals surface area contributed by atoms with Crippen LogP contribution >= 0.6 is 0 Å². The molecule has 4 heteroatoms. The van der Waals surface area contributed by atoms with E-state index in [2.05, 4.69) is 10.3 Å². The Bertz CT molecular complexity index is 289. The number of pyridine rings is 1. The highest BCUT2D eigenvalue weighted by Crippen LogP contribution is 1.96. The highest BCUT2D eigenvalue weighted by molar-refractivity contribution is 7.84. The summed E-state index contributed by atoms with van der Waals surface area (Å²) in [5, 5.41) is 3.30. The van der Waals surface area contributed by atoms with Crippen molar-refractivity contribution in [3.8, 4) is 0 Å². The second-order valence-corrected chi connectivity index (χ2v) is 4.86. The molecule has 0 spiro atoms. The molecule has 1 aromatic heterocycles. The number of hydrogen-bond acceptors (Lipinski definition) is 3. The monoisotopic (exact) mass is 212 g/mol. The summed E-state index contributed by atoms with van der Waals surface area (Å²) in [5.41, 5.74) is 1.15. The maximum atomic E-state index is 10.9. The zero-order valence-electron chi connectivity index (χ0n) is 8.56. The number of aromatic nitrogens is 1. The summed E-state index contributed by atoms with van der Waals surface area (Å²) in [4.78, 5) is 4.02. The molecular weight excluding hydrogens is 196 g/mol. The Hall–Kier alpha value is -0.740. The first-order chi connectivity index (χ1) is 6.68. The second-order valence-electron chi connectivity index (χ2n) is 3.38. The van der Waals surface area contributed by atoms with Crippen molar-refractivity contribution in [2.75, 3.05) is 12.0 Å². The minimum absolute atomic E-state index is 0.279. The van der Waals surface area contributed by atoms with E-state index in [0.29, 0.717) is 5.75 Å². The van der Waals surface area contributed by atoms with Gasteiger partial charge in [0.1, 0.15) is 0 Å². The molecule has 0 aliphatic rings. The molecule has 0 fully saturated rings. The lowest BCUT2D eigenvalue weighted by molar-refractivity contribution is 0.586. The summed E-state index contributed by atoms with van der Waals surface area (Å²) in [5.74, 6) is 0.695. The molecule has 78 valence electrons. The number of nitrogens with zero attached hydrogens (tertiary/aromatic N) is 1. The van der Waals surface area contributed by atoms with Crippen LogP contribution in [0.5, 0.6) is 0 Å². The Morgan fingerprint density at radius 1 is 1.64 bits per heavy atom. The largest absolute Gasteiger partial charge is 0.309 e. The third-order valence-electron chi connectivity index (χ3n) is 1.86. The van der Waals surface area contributed by atoms with Crippen molar-refractivity contribution in [2.45, 2.75) is 19.5 Å². The van der Waals surface area contributed by atoms with Crippen LogP contribution in [-0.2, 0) is 17.3 Å². The topological polar surface area (TPSA) is 42.0 Å². The van der Waals surface area contributed by atoms with Crippen LogP contribution in [0.15, 0.2) is 24.5 Å². The normalized spacial score (nSPS) is 15.0. The lowest BCUT2D eigenvalue weighted by Gasteiger charge is -2.11. The van der Waals surface area contributed by atoms with Crippen molar-refractivity contribution in [2.24, 2.45) is 0 Å². The Labute approximate surface area is 87.4 Å². The maximum Gasteiger partial charge on any atom is 0.0383 e. The van der Waals surface area contributed by atoms with Gasteiger partial charge in [-0.3, -0.25) is 9.19 Å². The third-order valence-corrected chi connectivity index (χ3v) is 2.83. The first-order valence-corrected chi connectivity index (χ1v) is 6.33. The van der Waals surface area contributed by atoms with E-state index in [1.807, 2.05) is 25.3 Å². The molecule has 0 radical (unpaired) electrons. The van der Waals surface area contributed by atoms with Gasteiger partial charge in [0.15, 0.2) is 0 Å². The molecule has 0 aromatic carbocycles. The van der Waals surface area contributed by atoms with Gasteiger partial charge < -0.3 is 5.32 Å². The predicted molar refractivity (Wildman–Crippen MR) is 59.5 cm³/mol. The smallest absolute Gasteiger partial charge is 0.0383 e. The van der Waals surface area contributed by atoms with Crippen molar-refractivity contribution in [1.82, 2.24) is 10.3 Å². The molecule has 0 saturated heterocycles. The Morgan fingerprint density at radius 3 is 3.00 bits per heavy atom. The molecule has 0 amide bonds. The van der Waals surface area contributed by atoms with Crippen molar-refractivity contribution in [3.63, 3.8) is 0 Å². The Morgan fingerprint density at radius 2 is 2.43 bits per heavy atom. The zero-order valence-corrected chi connectivity index (χ0v) is 9.38. The molecule has 1 rings (SSSR count). The average molecular weight is 212 g/mol. The van der Waals surface area contributed by atoms with Crippen molar-refractivity contribution in [3.05, 3.63) is 30.1 Å². The molecule has 0 aliphatic heterocycles. The molecule has 1 heterocycles. The van der Waals surface area contributed by atoms with E-state index in [-0.39, 0.29) is 6.04 Å². The van der Waals surface area contributed by atoms with Gasteiger partial charge in [0.2, 0.25) is 0 Å². The Kier molecular flexibility index (Phi) is 4.76. The fourth-order valence-corrected chi connectivity index (χ4v) is 2.03. The van der Waals surface area contributed by atoms with Crippen LogP contribution in [0.3, 0.4) is 0 Å². The lowest BCUT2D eigenvalue weighted by atomic mass is 10.2. The van der Waals surface area contributed by atoms with Gasteiger partial charge in [-0.25, -0.2) is 0 Å². The molecule has 0 aliphatic carbocycles. The van der Waals surface area contributed by atoms with E-state index >= 15 is 0 Å². The van der Waals surface area contributed by atoms with E-state index in [1.165, 1.54) is 0 Å². The standard InChI is InChI=1S/C10H16N2OS/c1-9(8-14(2)13)12-7-10-4-3-5-11-6-10/h3-6,9,12H,7-8H2,1-2H3. The van der Waals surface area contributed by atoms with Crippen molar-refractivity contribution < 1.29 is 4.21 Å². The van der Waals surface area contributed by atoms with Crippen LogP contribution in [0.1, 0.15) is 12.5 Å². The molecule has 2 atom stereocenters. The van der Waals surface area contributed by atoms with E-state index in [0.717, 1.165) is 12.1 Å². The van der Waals surface area contributed by atoms with Gasteiger partial charge in [0, 0.05) is 47.8 Å². The van der Waals surface area contributed by atoms with Crippen LogP contribution in [0, 0.1) is 0 Å². The van der Waals surface area contributed by atoms with Gasteiger partial charge in [-0.1, -0.05) is 6.07 Å². The molecule has 1 N–H and O–H groups in total. The van der Waals surface area contributed by atoms with Gasteiger partial charge in [0.25, 0.3) is 0 Å². The zero-order chi connectivity index (χ0) is 10.4. The summed E-state index contributed by atoms with van der Waals surface area (Å²) in [6.07, 6.45) is 5.32. The Balaban J connectivity index is 2.30. The molecule has 0 bridgehead atoms. The van der Waals surface area contributed by atoms with Crippen LogP contribution in [-0.4, -0.2) is 27.2 Å². The van der Waals surface area contributed by atoms with Crippen molar-refractivity contribution in [1.29, 1.82) is 0 Å². The molecule has 2 unspecified atom stereocenters. The molecule has 0 saturated carbocycles. The van der Waals surface area contributed by atoms with E-state index in [9.17, 15) is 4.21 Å². The van der Waals surface area contributed by atoms with Gasteiger partial charge in [-0.15, -0.1) is 0 Å². The lowest BCUT2D eigenvalue weighted by Crippen LogP contribution is -2.30. The highest BCUT2D eigenvalue weighted by atomic mass is 32.2. The molecule has 14 heavy (non-hydrogen) atoms. The summed E-state index contributed by atoms with van der Waals surface area (Å²) in [6, 6.07) is 4.22. The van der Waals surface area contributed by atoms with E-state index < -0.39 is 10.8 Å². The summed E-state index contributed by atoms with van der Waals surface area (Å²) in [6.45, 7) is 2.82. The SMILES string of the molecule is CC(CS(C)=O)NCc1cccnc1. The van der Waals surface area contributed by atoms with Crippen LogP contribution < -0.4 is 5.32 Å². The fraction of sp³-hybridized carbons (Fsp3) is 0.500. The molecular formula is C10H16N2OS. The summed E-state index contributed by atoms with van der Waals surface area (Å²) in [7, 11) is -0.732. The highest BCUT2D eigenvalue weighted by Gasteiger charge is 2.02. The summed E-state index contributed by atoms with van der Waals surface area (Å²) < 4.78 is 10.9. The van der Waals surface area contributed by atoms with E-state index in [1.54, 1.807) is 12.5 Å². The quantitative estimate of drug-likeness (QED) is 0.790.